The molecule has 0 unspecified atom stereocenters. The van der Waals surface area contributed by atoms with Gasteiger partial charge in [-0.3, -0.25) is 9.59 Å². The van der Waals surface area contributed by atoms with Crippen LogP contribution in [0.25, 0.3) is 0 Å². The minimum atomic E-state index is -0.410. The Morgan fingerprint density at radius 1 is 1.57 bits per heavy atom. The molecular weight excluding hydrogens is 112 g/mol. The number of rotatable bonds is 2. The molecule has 0 radical (unpaired) electrons. The van der Waals surface area contributed by atoms with E-state index < -0.39 is 5.12 Å². The van der Waals surface area contributed by atoms with Gasteiger partial charge < -0.3 is 0 Å². The molecule has 0 saturated heterocycles. The first-order chi connectivity index (χ1) is 3.27. The first-order valence-corrected chi connectivity index (χ1v) is 2.07. The van der Waals surface area contributed by atoms with Crippen LogP contribution in [-0.4, -0.2) is 11.4 Å². The normalized spacial score (nSPS) is 9.29. The summed E-state index contributed by atoms with van der Waals surface area (Å²) < 4.78 is 0. The molecule has 2 nitrogen and oxygen atoms in total. The molecule has 0 amide bonds. The summed E-state index contributed by atoms with van der Waals surface area (Å²) in [6.45, 7) is 0. The molecule has 0 aromatic rings. The molecular formula is C4H4O2S. The van der Waals surface area contributed by atoms with Crippen molar-refractivity contribution in [2.75, 3.05) is 0 Å². The molecule has 7 heavy (non-hydrogen) atoms. The van der Waals surface area contributed by atoms with Crippen LogP contribution in [0.1, 0.15) is 0 Å². The maximum atomic E-state index is 9.82. The molecule has 0 heterocycles. The van der Waals surface area contributed by atoms with Crippen molar-refractivity contribution < 1.29 is 9.59 Å². The number of allylic oxidation sites excluding steroid dienone is 1. The van der Waals surface area contributed by atoms with Gasteiger partial charge in [0.2, 0.25) is 5.12 Å². The van der Waals surface area contributed by atoms with Gasteiger partial charge in [-0.05, 0) is 12.2 Å². The van der Waals surface area contributed by atoms with E-state index in [1.54, 1.807) is 0 Å². The third-order valence-corrected chi connectivity index (χ3v) is 0.466. The van der Waals surface area contributed by atoms with Crippen molar-refractivity contribution in [2.24, 2.45) is 0 Å². The van der Waals surface area contributed by atoms with Crippen molar-refractivity contribution >= 4 is 24.0 Å². The zero-order valence-corrected chi connectivity index (χ0v) is 4.39. The van der Waals surface area contributed by atoms with Crippen LogP contribution in [0.15, 0.2) is 12.2 Å². The van der Waals surface area contributed by atoms with Gasteiger partial charge in [-0.25, -0.2) is 0 Å². The lowest BCUT2D eigenvalue weighted by molar-refractivity contribution is -0.107. The molecule has 0 bridgehead atoms. The Kier molecular flexibility index (Phi) is 3.32. The second-order valence-corrected chi connectivity index (χ2v) is 1.27. The number of aldehydes is 1. The molecule has 0 aliphatic heterocycles. The van der Waals surface area contributed by atoms with Crippen LogP contribution in [0, 0.1) is 0 Å². The highest BCUT2D eigenvalue weighted by Gasteiger charge is 1.77. The molecule has 3 heteroatoms. The fourth-order valence-corrected chi connectivity index (χ4v) is 0.208. The lowest BCUT2D eigenvalue weighted by atomic mass is 10.6. The third-order valence-electron chi connectivity index (χ3n) is 0.317. The fraction of sp³-hybridized carbons (Fsp3) is 0. The standard InChI is InChI=1S/C4H4O2S/c5-3-1-2-4(6)7/h1-3H,(H,6,7). The van der Waals surface area contributed by atoms with Gasteiger partial charge >= 0.3 is 0 Å². The Labute approximate surface area is 46.6 Å². The first-order valence-electron chi connectivity index (χ1n) is 1.62. The van der Waals surface area contributed by atoms with Crippen molar-refractivity contribution in [3.05, 3.63) is 12.2 Å². The van der Waals surface area contributed by atoms with Crippen LogP contribution in [0.3, 0.4) is 0 Å². The smallest absolute Gasteiger partial charge is 0.209 e. The largest absolute Gasteiger partial charge is 0.299 e. The van der Waals surface area contributed by atoms with Crippen molar-refractivity contribution in [3.63, 3.8) is 0 Å². The number of hydrogen-bond donors (Lipinski definition) is 1. The topological polar surface area (TPSA) is 34.1 Å². The molecule has 0 rings (SSSR count). The third kappa shape index (κ3) is 5.43. The summed E-state index contributed by atoms with van der Waals surface area (Å²) in [5.41, 5.74) is 0. The van der Waals surface area contributed by atoms with E-state index in [0.717, 1.165) is 12.2 Å². The van der Waals surface area contributed by atoms with E-state index in [1.807, 2.05) is 0 Å². The number of thiol groups is 1. The van der Waals surface area contributed by atoms with Crippen LogP contribution >= 0.6 is 12.6 Å². The molecule has 0 aliphatic rings. The average molecular weight is 116 g/mol. The van der Waals surface area contributed by atoms with E-state index in [0.29, 0.717) is 6.29 Å². The molecule has 0 aromatic heterocycles. The Bertz CT molecular complexity index is 106. The molecule has 0 fully saturated rings. The molecule has 0 aromatic carbocycles. The minimum absolute atomic E-state index is 0.410. The monoisotopic (exact) mass is 116 g/mol. The highest BCUT2D eigenvalue weighted by molar-refractivity contribution is 7.97. The highest BCUT2D eigenvalue weighted by Crippen LogP contribution is 1.77. The number of carbonyl (C=O) groups excluding carboxylic acids is 2. The van der Waals surface area contributed by atoms with E-state index in [1.165, 1.54) is 0 Å². The van der Waals surface area contributed by atoms with Crippen molar-refractivity contribution in [3.8, 4) is 0 Å². The predicted octanol–water partition coefficient (Wildman–Crippen LogP) is 0.198. The Morgan fingerprint density at radius 2 is 2.14 bits per heavy atom. The van der Waals surface area contributed by atoms with Crippen molar-refractivity contribution in [2.45, 2.75) is 0 Å². The molecule has 0 aliphatic carbocycles. The van der Waals surface area contributed by atoms with Crippen molar-refractivity contribution in [1.82, 2.24) is 0 Å². The molecule has 0 spiro atoms. The van der Waals surface area contributed by atoms with Gasteiger partial charge in [-0.15, -0.1) is 12.6 Å². The zero-order valence-electron chi connectivity index (χ0n) is 3.50. The van der Waals surface area contributed by atoms with Gasteiger partial charge in [0, 0.05) is 0 Å². The maximum Gasteiger partial charge on any atom is 0.209 e. The lowest BCUT2D eigenvalue weighted by Gasteiger charge is -1.67. The van der Waals surface area contributed by atoms with Gasteiger partial charge in [0.05, 0.1) is 0 Å². The van der Waals surface area contributed by atoms with Gasteiger partial charge in [-0.1, -0.05) is 0 Å². The number of carbonyl (C=O) groups is 2. The molecule has 38 valence electrons. The molecule has 0 saturated carbocycles. The quantitative estimate of drug-likeness (QED) is 0.317. The highest BCUT2D eigenvalue weighted by atomic mass is 32.1. The van der Waals surface area contributed by atoms with E-state index >= 15 is 0 Å². The van der Waals surface area contributed by atoms with E-state index in [2.05, 4.69) is 12.6 Å². The molecule has 0 N–H and O–H groups in total. The number of hydrogen-bond acceptors (Lipinski definition) is 2. The second-order valence-electron chi connectivity index (χ2n) is 0.833. The summed E-state index contributed by atoms with van der Waals surface area (Å²) in [6.07, 6.45) is 2.69. The van der Waals surface area contributed by atoms with Gasteiger partial charge in [-0.2, -0.15) is 0 Å². The van der Waals surface area contributed by atoms with E-state index in [9.17, 15) is 9.59 Å². The van der Waals surface area contributed by atoms with Crippen LogP contribution in [0.2, 0.25) is 0 Å². The van der Waals surface area contributed by atoms with E-state index in [-0.39, 0.29) is 0 Å². The average Bonchev–Trinajstić information content (AvgIpc) is 1.61. The first kappa shape index (κ1) is 6.43. The fourth-order valence-electron chi connectivity index (χ4n) is 0.122. The summed E-state index contributed by atoms with van der Waals surface area (Å²) in [6, 6.07) is 0. The van der Waals surface area contributed by atoms with Crippen molar-refractivity contribution in [1.29, 1.82) is 0 Å². The SMILES string of the molecule is O=CC=CC(=O)S. The van der Waals surface area contributed by atoms with E-state index in [4.69, 9.17) is 0 Å². The summed E-state index contributed by atoms with van der Waals surface area (Å²) in [4.78, 5) is 19.3. The zero-order chi connectivity index (χ0) is 5.70. The predicted molar refractivity (Wildman–Crippen MR) is 29.2 cm³/mol. The minimum Gasteiger partial charge on any atom is -0.299 e. The Hall–Kier alpha value is -0.570. The van der Waals surface area contributed by atoms with Crippen LogP contribution in [-0.2, 0) is 9.59 Å². The molecule has 0 atom stereocenters. The maximum absolute atomic E-state index is 9.82. The Morgan fingerprint density at radius 3 is 2.29 bits per heavy atom. The summed E-state index contributed by atoms with van der Waals surface area (Å²) in [7, 11) is 0. The van der Waals surface area contributed by atoms with Gasteiger partial charge in [0.15, 0.2) is 0 Å². The van der Waals surface area contributed by atoms with Crippen LogP contribution in [0.5, 0.6) is 0 Å². The summed E-state index contributed by atoms with van der Waals surface area (Å²) >= 11 is 3.35. The van der Waals surface area contributed by atoms with Gasteiger partial charge in [0.25, 0.3) is 0 Å². The van der Waals surface area contributed by atoms with Crippen LogP contribution in [0.4, 0.5) is 0 Å². The summed E-state index contributed by atoms with van der Waals surface area (Å²) in [5.74, 6) is 0. The Balaban J connectivity index is 3.46. The second kappa shape index (κ2) is 3.61. The van der Waals surface area contributed by atoms with Gasteiger partial charge in [0.1, 0.15) is 6.29 Å². The lowest BCUT2D eigenvalue weighted by Crippen LogP contribution is -1.73. The van der Waals surface area contributed by atoms with Crippen LogP contribution < -0.4 is 0 Å². The summed E-state index contributed by atoms with van der Waals surface area (Å²) in [5, 5.41) is -0.410.